The zero-order chi connectivity index (χ0) is 14.3. The Hall–Kier alpha value is -0.890. The normalized spacial score (nSPS) is 32.2. The van der Waals surface area contributed by atoms with Crippen LogP contribution < -0.4 is 0 Å². The first-order valence-electron chi connectivity index (χ1n) is 6.56. The first kappa shape index (κ1) is 1.40. The Labute approximate surface area is 66.9 Å². The van der Waals surface area contributed by atoms with Crippen molar-refractivity contribution in [3.8, 4) is 0 Å². The Morgan fingerprint density at radius 1 is 2.11 bits per heavy atom. The van der Waals surface area contributed by atoms with Gasteiger partial charge in [-0.15, -0.1) is 0 Å². The van der Waals surface area contributed by atoms with Gasteiger partial charge in [-0.05, 0) is 18.9 Å². The molecule has 1 heterocycles. The van der Waals surface area contributed by atoms with E-state index in [0.29, 0.717) is 0 Å². The van der Waals surface area contributed by atoms with E-state index in [0.717, 1.165) is 0 Å². The highest BCUT2D eigenvalue weighted by Gasteiger charge is 1.97. The van der Waals surface area contributed by atoms with Crippen LogP contribution in [0.3, 0.4) is 0 Å². The van der Waals surface area contributed by atoms with Crippen LogP contribution in [0.4, 0.5) is 0 Å². The zero-order valence-electron chi connectivity index (χ0n) is 13.4. The number of rotatable bonds is 2. The number of pyridine rings is 1. The third kappa shape index (κ3) is 1.50. The molecule has 48 valence electrons. The maximum Gasteiger partial charge on any atom is 0.211 e. The van der Waals surface area contributed by atoms with E-state index in [1.807, 2.05) is 0 Å². The first-order chi connectivity index (χ1) is 8.06. The lowest BCUT2D eigenvalue weighted by Crippen LogP contribution is -1.92. The predicted octanol–water partition coefficient (Wildman–Crippen LogP) is 1.13. The average Bonchev–Trinajstić information content (AvgIpc) is 2.28. The molecule has 0 saturated heterocycles. The molecule has 0 aliphatic carbocycles. The molecule has 2 nitrogen and oxygen atoms in total. The van der Waals surface area contributed by atoms with Gasteiger partial charge in [-0.25, -0.2) is 0 Å². The van der Waals surface area contributed by atoms with E-state index in [1.54, 1.807) is 0 Å². The van der Waals surface area contributed by atoms with Crippen LogP contribution >= 0.6 is 0 Å². The van der Waals surface area contributed by atoms with Crippen molar-refractivity contribution in [3.63, 3.8) is 0 Å². The summed E-state index contributed by atoms with van der Waals surface area (Å²) in [5.74, 6) is 0. The van der Waals surface area contributed by atoms with Gasteiger partial charge in [0.1, 0.15) is 0 Å². The molecule has 1 aromatic heterocycles. The Morgan fingerprint density at radius 3 is 3.89 bits per heavy atom. The molecule has 0 radical (unpaired) electrons. The molecule has 0 fully saturated rings. The van der Waals surface area contributed by atoms with E-state index in [9.17, 15) is 0 Å². The molecule has 1 rings (SSSR count). The SMILES string of the molecule is [2H]OC([2H])(c1nc([2H])c([2H])c([2H])c1[2H])C([2H])([2H])[2H]. The Kier molecular flexibility index (Phi) is 0.404. The smallest absolute Gasteiger partial charge is 0.211 e. The number of aliphatic hydroxyl groups is 1. The lowest BCUT2D eigenvalue weighted by molar-refractivity contribution is 0.194. The average molecular weight is 132 g/mol. The molecule has 1 aromatic rings. The van der Waals surface area contributed by atoms with Crippen LogP contribution in [0.2, 0.25) is 0 Å². The van der Waals surface area contributed by atoms with Crippen molar-refractivity contribution in [3.05, 3.63) is 30.0 Å². The monoisotopic (exact) mass is 132 g/mol. The fourth-order valence-electron chi connectivity index (χ4n) is 0.338. The van der Waals surface area contributed by atoms with Gasteiger partial charge < -0.3 is 5.11 Å². The van der Waals surface area contributed by atoms with Gasteiger partial charge in [0.2, 0.25) is 1.43 Å². The van der Waals surface area contributed by atoms with Crippen molar-refractivity contribution in [2.24, 2.45) is 0 Å². The van der Waals surface area contributed by atoms with Gasteiger partial charge in [-0.3, -0.25) is 4.98 Å². The molecule has 0 aliphatic heterocycles. The van der Waals surface area contributed by atoms with E-state index < -0.39 is 42.9 Å². The summed E-state index contributed by atoms with van der Waals surface area (Å²) in [7, 11) is 0. The quantitative estimate of drug-likeness (QED) is 0.654. The molecule has 0 saturated carbocycles. The second kappa shape index (κ2) is 2.60. The maximum atomic E-state index is 7.58. The minimum atomic E-state index is -3.13. The Bertz CT molecular complexity index is 473. The van der Waals surface area contributed by atoms with Crippen molar-refractivity contribution in [2.75, 3.05) is 0 Å². The summed E-state index contributed by atoms with van der Waals surface area (Å²) in [6.45, 7) is -3.13. The van der Waals surface area contributed by atoms with Crippen LogP contribution in [0.15, 0.2) is 24.3 Å². The molecule has 9 heavy (non-hydrogen) atoms. The molecule has 2 heteroatoms. The van der Waals surface area contributed by atoms with Crippen LogP contribution in [0.5, 0.6) is 0 Å². The largest absolute Gasteiger partial charge is 0.387 e. The molecule has 0 bridgehead atoms. The number of hydrogen-bond donors (Lipinski definition) is 1. The van der Waals surface area contributed by atoms with Gasteiger partial charge in [0.15, 0.2) is 0 Å². The minimum Gasteiger partial charge on any atom is -0.387 e. The van der Waals surface area contributed by atoms with Crippen LogP contribution in [-0.4, -0.2) is 11.5 Å². The van der Waals surface area contributed by atoms with Gasteiger partial charge in [0.05, 0.1) is 18.6 Å². The van der Waals surface area contributed by atoms with Gasteiger partial charge in [-0.1, -0.05) is 6.04 Å². The molecular weight excluding hydrogens is 114 g/mol. The van der Waals surface area contributed by atoms with Crippen molar-refractivity contribution < 1.29 is 16.1 Å². The van der Waals surface area contributed by atoms with Gasteiger partial charge >= 0.3 is 0 Å². The van der Waals surface area contributed by atoms with Crippen molar-refractivity contribution in [1.29, 1.82) is 1.43 Å². The van der Waals surface area contributed by atoms with Gasteiger partial charge in [-0.2, -0.15) is 0 Å². The number of nitrogens with zero attached hydrogens (tertiary/aromatic N) is 1. The molecule has 1 N–H and O–H groups in total. The van der Waals surface area contributed by atoms with E-state index in [-0.39, 0.29) is 0 Å². The Balaban J connectivity index is 3.60. The predicted molar refractivity (Wildman–Crippen MR) is 34.9 cm³/mol. The Morgan fingerprint density at radius 2 is 3.11 bits per heavy atom. The van der Waals surface area contributed by atoms with E-state index >= 15 is 0 Å². The summed E-state index contributed by atoms with van der Waals surface area (Å²) in [6, 6.07) is -2.20. The molecule has 0 aromatic carbocycles. The summed E-state index contributed by atoms with van der Waals surface area (Å²) in [5.41, 5.74) is -0.844. The molecule has 1 atom stereocenters. The fourth-order valence-corrected chi connectivity index (χ4v) is 0.338. The minimum absolute atomic E-state index is 0.651. The number of hydrogen-bond acceptors (Lipinski definition) is 2. The van der Waals surface area contributed by atoms with E-state index in [4.69, 9.17) is 12.4 Å². The summed E-state index contributed by atoms with van der Waals surface area (Å²) in [5, 5.41) is 3.86. The standard InChI is InChI=1S/C7H9NO/c1-6(9)7-4-2-3-5-8-7/h2-6,9H,1H3/i1D3,2D,3D,4D,5D,6D,9D. The zero-order valence-corrected chi connectivity index (χ0v) is 4.36. The molecule has 1 unspecified atom stereocenters. The second-order valence-electron chi connectivity index (χ2n) is 1.28. The fraction of sp³-hybridized carbons (Fsp3) is 0.286. The van der Waals surface area contributed by atoms with Crippen molar-refractivity contribution in [1.82, 2.24) is 4.98 Å². The van der Waals surface area contributed by atoms with Gasteiger partial charge in [0.25, 0.3) is 0 Å². The summed E-state index contributed by atoms with van der Waals surface area (Å²) in [6.07, 6.45) is -3.72. The summed E-state index contributed by atoms with van der Waals surface area (Å²) in [4.78, 5) is 3.32. The number of aromatic nitrogens is 1. The van der Waals surface area contributed by atoms with Crippen molar-refractivity contribution in [2.45, 2.75) is 12.9 Å². The third-order valence-corrected chi connectivity index (χ3v) is 0.682. The second-order valence-corrected chi connectivity index (χ2v) is 1.28. The van der Waals surface area contributed by atoms with Crippen molar-refractivity contribution >= 4 is 0 Å². The summed E-state index contributed by atoms with van der Waals surface area (Å²) >= 11 is 0. The van der Waals surface area contributed by atoms with E-state index in [1.165, 1.54) is 0 Å². The molecular formula is C7H9NO. The first-order valence-corrected chi connectivity index (χ1v) is 2.15. The highest BCUT2D eigenvalue weighted by atomic mass is 16.3. The third-order valence-electron chi connectivity index (χ3n) is 0.682. The van der Waals surface area contributed by atoms with Crippen LogP contribution in [-0.2, 0) is 0 Å². The topological polar surface area (TPSA) is 33.1 Å². The maximum absolute atomic E-state index is 7.58. The van der Waals surface area contributed by atoms with Crippen LogP contribution in [0.1, 0.15) is 29.6 Å². The van der Waals surface area contributed by atoms with Crippen LogP contribution in [0, 0.1) is 0 Å². The highest BCUT2D eigenvalue weighted by molar-refractivity contribution is 5.05. The lowest BCUT2D eigenvalue weighted by atomic mass is 10.2. The molecule has 0 amide bonds. The van der Waals surface area contributed by atoms with Crippen LogP contribution in [0.25, 0.3) is 0 Å². The lowest BCUT2D eigenvalue weighted by Gasteiger charge is -1.99. The molecule has 0 spiro atoms. The molecule has 0 aliphatic rings. The van der Waals surface area contributed by atoms with E-state index in [2.05, 4.69) is 10.1 Å². The highest BCUT2D eigenvalue weighted by Crippen LogP contribution is 2.05. The summed E-state index contributed by atoms with van der Waals surface area (Å²) < 4.78 is 65.0. The van der Waals surface area contributed by atoms with Gasteiger partial charge in [0, 0.05) is 10.3 Å².